The van der Waals surface area contributed by atoms with Gasteiger partial charge in [0.2, 0.25) is 0 Å². The number of nitrogens with zero attached hydrogens (tertiary/aromatic N) is 2. The zero-order valence-electron chi connectivity index (χ0n) is 16.6. The van der Waals surface area contributed by atoms with Crippen LogP contribution in [0.3, 0.4) is 0 Å². The van der Waals surface area contributed by atoms with Crippen LogP contribution >= 0.6 is 0 Å². The van der Waals surface area contributed by atoms with Crippen molar-refractivity contribution in [1.82, 2.24) is 20.3 Å². The lowest BCUT2D eigenvalue weighted by atomic mass is 9.97. The van der Waals surface area contributed by atoms with Crippen molar-refractivity contribution in [1.29, 1.82) is 0 Å². The van der Waals surface area contributed by atoms with Gasteiger partial charge in [-0.25, -0.2) is 9.97 Å². The molecular formula is C23H27N5O. The third-order valence-electron chi connectivity index (χ3n) is 5.38. The molecule has 29 heavy (non-hydrogen) atoms. The number of allylic oxidation sites excluding steroid dienone is 1. The van der Waals surface area contributed by atoms with E-state index < -0.39 is 0 Å². The molecular weight excluding hydrogens is 362 g/mol. The van der Waals surface area contributed by atoms with Crippen LogP contribution in [0.25, 0.3) is 10.9 Å². The first-order valence-electron chi connectivity index (χ1n) is 10.4. The van der Waals surface area contributed by atoms with Crippen molar-refractivity contribution in [3.63, 3.8) is 0 Å². The number of amides is 1. The molecule has 3 aromatic rings. The summed E-state index contributed by atoms with van der Waals surface area (Å²) in [5, 5.41) is 7.41. The zero-order chi connectivity index (χ0) is 19.9. The lowest BCUT2D eigenvalue weighted by Gasteiger charge is -2.13. The molecule has 0 fully saturated rings. The molecule has 1 aliphatic carbocycles. The lowest BCUT2D eigenvalue weighted by molar-refractivity contribution is 0.0949. The summed E-state index contributed by atoms with van der Waals surface area (Å²) in [7, 11) is 0. The summed E-state index contributed by atoms with van der Waals surface area (Å²) >= 11 is 0. The second kappa shape index (κ2) is 9.37. The average molecular weight is 390 g/mol. The molecule has 1 aliphatic rings. The molecule has 6 nitrogen and oxygen atoms in total. The van der Waals surface area contributed by atoms with Gasteiger partial charge >= 0.3 is 0 Å². The number of para-hydroxylation sites is 1. The Morgan fingerprint density at radius 2 is 2.00 bits per heavy atom. The molecule has 0 saturated heterocycles. The van der Waals surface area contributed by atoms with Gasteiger partial charge in [0.15, 0.2) is 0 Å². The van der Waals surface area contributed by atoms with Gasteiger partial charge < -0.3 is 15.6 Å². The number of hydrogen-bond donors (Lipinski definition) is 3. The molecule has 2 heterocycles. The summed E-state index contributed by atoms with van der Waals surface area (Å²) in [5.74, 6) is 0.507. The highest BCUT2D eigenvalue weighted by atomic mass is 16.1. The van der Waals surface area contributed by atoms with E-state index in [1.165, 1.54) is 48.4 Å². The van der Waals surface area contributed by atoms with E-state index in [1.807, 2.05) is 18.3 Å². The highest BCUT2D eigenvalue weighted by Crippen LogP contribution is 2.20. The standard InChI is InChI=1S/C23H27N5O/c29-23(25-13-11-18-14-26-20-9-5-4-8-19(18)20)21-15-28-22(16-27-21)24-12-10-17-6-2-1-3-7-17/h4-6,8-9,14-16,26H,1-3,7,10-13H2,(H,24,28)(H,25,29). The molecule has 0 radical (unpaired) electrons. The predicted octanol–water partition coefficient (Wildman–Crippen LogP) is 4.23. The van der Waals surface area contributed by atoms with E-state index in [0.717, 1.165) is 24.9 Å². The first kappa shape index (κ1) is 19.2. The Labute approximate surface area is 170 Å². The molecule has 1 amide bonds. The van der Waals surface area contributed by atoms with Crippen molar-refractivity contribution in [2.45, 2.75) is 38.5 Å². The largest absolute Gasteiger partial charge is 0.368 e. The van der Waals surface area contributed by atoms with Crippen LogP contribution in [0.4, 0.5) is 5.82 Å². The summed E-state index contributed by atoms with van der Waals surface area (Å²) in [6, 6.07) is 8.17. The van der Waals surface area contributed by atoms with Crippen LogP contribution in [0, 0.1) is 0 Å². The molecule has 3 N–H and O–H groups in total. The summed E-state index contributed by atoms with van der Waals surface area (Å²) < 4.78 is 0. The third kappa shape index (κ3) is 5.02. The molecule has 2 aromatic heterocycles. The van der Waals surface area contributed by atoms with E-state index >= 15 is 0 Å². The smallest absolute Gasteiger partial charge is 0.271 e. The SMILES string of the molecule is O=C(NCCc1c[nH]c2ccccc12)c1cnc(NCCC2=CCCCC2)cn1. The maximum Gasteiger partial charge on any atom is 0.271 e. The summed E-state index contributed by atoms with van der Waals surface area (Å²) in [5.41, 5.74) is 4.18. The minimum Gasteiger partial charge on any atom is -0.368 e. The van der Waals surface area contributed by atoms with Crippen LogP contribution in [0.1, 0.15) is 48.2 Å². The van der Waals surface area contributed by atoms with Crippen LogP contribution in [0.15, 0.2) is 54.5 Å². The van der Waals surface area contributed by atoms with E-state index in [2.05, 4.69) is 43.8 Å². The number of carbonyl (C=O) groups is 1. The number of nitrogens with one attached hydrogen (secondary N) is 3. The fourth-order valence-corrected chi connectivity index (χ4v) is 3.76. The Morgan fingerprint density at radius 1 is 1.07 bits per heavy atom. The number of aromatic amines is 1. The van der Waals surface area contributed by atoms with Crippen LogP contribution in [0.2, 0.25) is 0 Å². The molecule has 150 valence electrons. The van der Waals surface area contributed by atoms with Crippen molar-refractivity contribution in [3.05, 3.63) is 65.8 Å². The Balaban J connectivity index is 1.23. The molecule has 4 rings (SSSR count). The fraction of sp³-hybridized carbons (Fsp3) is 0.348. The average Bonchev–Trinajstić information content (AvgIpc) is 3.18. The van der Waals surface area contributed by atoms with Crippen molar-refractivity contribution >= 4 is 22.6 Å². The van der Waals surface area contributed by atoms with Gasteiger partial charge in [0.1, 0.15) is 11.5 Å². The normalized spacial score (nSPS) is 13.9. The second-order valence-electron chi connectivity index (χ2n) is 7.44. The Bertz CT molecular complexity index is 990. The topological polar surface area (TPSA) is 82.7 Å². The second-order valence-corrected chi connectivity index (χ2v) is 7.44. The van der Waals surface area contributed by atoms with Gasteiger partial charge in [-0.05, 0) is 50.2 Å². The molecule has 0 aliphatic heterocycles. The van der Waals surface area contributed by atoms with Crippen LogP contribution < -0.4 is 10.6 Å². The lowest BCUT2D eigenvalue weighted by Crippen LogP contribution is -2.26. The Kier molecular flexibility index (Phi) is 6.19. The molecule has 1 aromatic carbocycles. The van der Waals surface area contributed by atoms with Gasteiger partial charge in [0.05, 0.1) is 12.4 Å². The first-order valence-corrected chi connectivity index (χ1v) is 10.4. The summed E-state index contributed by atoms with van der Waals surface area (Å²) in [6.07, 6.45) is 14.4. The number of rotatable bonds is 8. The van der Waals surface area contributed by atoms with E-state index in [-0.39, 0.29) is 5.91 Å². The van der Waals surface area contributed by atoms with Crippen molar-refractivity contribution < 1.29 is 4.79 Å². The minimum atomic E-state index is -0.198. The highest BCUT2D eigenvalue weighted by molar-refractivity contribution is 5.92. The fourth-order valence-electron chi connectivity index (χ4n) is 3.76. The maximum absolute atomic E-state index is 12.3. The molecule has 0 bridgehead atoms. The minimum absolute atomic E-state index is 0.198. The van der Waals surface area contributed by atoms with Crippen LogP contribution in [-0.2, 0) is 6.42 Å². The van der Waals surface area contributed by atoms with Crippen molar-refractivity contribution in [3.8, 4) is 0 Å². The maximum atomic E-state index is 12.3. The van der Waals surface area contributed by atoms with Crippen LogP contribution in [0.5, 0.6) is 0 Å². The molecule has 0 unspecified atom stereocenters. The predicted molar refractivity (Wildman–Crippen MR) is 116 cm³/mol. The number of H-pyrrole nitrogens is 1. The summed E-state index contributed by atoms with van der Waals surface area (Å²) in [4.78, 5) is 24.1. The van der Waals surface area contributed by atoms with Crippen molar-refractivity contribution in [2.75, 3.05) is 18.4 Å². The number of hydrogen-bond acceptors (Lipinski definition) is 4. The van der Waals surface area contributed by atoms with E-state index in [9.17, 15) is 4.79 Å². The first-order chi connectivity index (χ1) is 14.3. The van der Waals surface area contributed by atoms with Gasteiger partial charge in [-0.2, -0.15) is 0 Å². The molecule has 0 saturated carbocycles. The van der Waals surface area contributed by atoms with E-state index in [4.69, 9.17) is 0 Å². The van der Waals surface area contributed by atoms with Gasteiger partial charge in [0, 0.05) is 30.2 Å². The van der Waals surface area contributed by atoms with Gasteiger partial charge in [-0.15, -0.1) is 0 Å². The number of benzene rings is 1. The number of fused-ring (bicyclic) bond motifs is 1. The summed E-state index contributed by atoms with van der Waals surface area (Å²) in [6.45, 7) is 1.40. The van der Waals surface area contributed by atoms with Crippen molar-refractivity contribution in [2.24, 2.45) is 0 Å². The van der Waals surface area contributed by atoms with Gasteiger partial charge in [0.25, 0.3) is 5.91 Å². The molecule has 0 atom stereocenters. The highest BCUT2D eigenvalue weighted by Gasteiger charge is 2.09. The zero-order valence-corrected chi connectivity index (χ0v) is 16.6. The van der Waals surface area contributed by atoms with Gasteiger partial charge in [-0.1, -0.05) is 29.8 Å². The van der Waals surface area contributed by atoms with Crippen LogP contribution in [-0.4, -0.2) is 33.9 Å². The van der Waals surface area contributed by atoms with E-state index in [1.54, 1.807) is 6.20 Å². The number of carbonyl (C=O) groups excluding carboxylic acids is 1. The third-order valence-corrected chi connectivity index (χ3v) is 5.38. The Hall–Kier alpha value is -3.15. The quantitative estimate of drug-likeness (QED) is 0.504. The number of aromatic nitrogens is 3. The molecule has 0 spiro atoms. The Morgan fingerprint density at radius 3 is 2.83 bits per heavy atom. The van der Waals surface area contributed by atoms with E-state index in [0.29, 0.717) is 18.1 Å². The monoisotopic (exact) mass is 389 g/mol. The molecule has 6 heteroatoms. The van der Waals surface area contributed by atoms with Gasteiger partial charge in [-0.3, -0.25) is 4.79 Å². The number of anilines is 1.